The number of carbonyl (C=O) groups is 1. The molecule has 3 aromatic rings. The summed E-state index contributed by atoms with van der Waals surface area (Å²) in [5.74, 6) is -0.0148. The van der Waals surface area contributed by atoms with Gasteiger partial charge in [-0.25, -0.2) is 4.98 Å². The molecule has 0 unspecified atom stereocenters. The summed E-state index contributed by atoms with van der Waals surface area (Å²) in [6, 6.07) is 9.58. The molecule has 134 valence electrons. The van der Waals surface area contributed by atoms with Crippen molar-refractivity contribution in [2.24, 2.45) is 5.73 Å². The Morgan fingerprint density at radius 1 is 1.23 bits per heavy atom. The largest absolute Gasteiger partial charge is 0.348 e. The lowest BCUT2D eigenvalue weighted by Crippen LogP contribution is -2.46. The van der Waals surface area contributed by atoms with Crippen LogP contribution in [0.4, 0.5) is 0 Å². The third kappa shape index (κ3) is 3.25. The molecule has 0 fully saturated rings. The van der Waals surface area contributed by atoms with Crippen LogP contribution in [0.25, 0.3) is 11.3 Å². The summed E-state index contributed by atoms with van der Waals surface area (Å²) >= 11 is 0. The highest BCUT2D eigenvalue weighted by molar-refractivity contribution is 5.82. The normalized spacial score (nSPS) is 15.3. The van der Waals surface area contributed by atoms with Crippen LogP contribution < -0.4 is 5.73 Å². The van der Waals surface area contributed by atoms with Gasteiger partial charge in [-0.1, -0.05) is 30.3 Å². The van der Waals surface area contributed by atoms with Crippen LogP contribution in [0.5, 0.6) is 0 Å². The van der Waals surface area contributed by atoms with Crippen molar-refractivity contribution in [2.45, 2.75) is 25.3 Å². The second kappa shape index (κ2) is 7.13. The summed E-state index contributed by atoms with van der Waals surface area (Å²) in [4.78, 5) is 21.6. The zero-order valence-electron chi connectivity index (χ0n) is 14.5. The molecule has 0 saturated heterocycles. The van der Waals surface area contributed by atoms with Gasteiger partial charge in [-0.2, -0.15) is 5.10 Å². The van der Waals surface area contributed by atoms with Gasteiger partial charge in [0.1, 0.15) is 0 Å². The molecule has 0 saturated carbocycles. The highest BCUT2D eigenvalue weighted by atomic mass is 16.2. The maximum absolute atomic E-state index is 12.7. The second-order valence-corrected chi connectivity index (χ2v) is 6.61. The number of nitrogens with one attached hydrogen (secondary N) is 2. The van der Waals surface area contributed by atoms with Crippen LogP contribution in [-0.2, 0) is 24.1 Å². The third-order valence-electron chi connectivity index (χ3n) is 4.89. The first kappa shape index (κ1) is 16.5. The Balaban J connectivity index is 1.47. The first-order valence-electron chi connectivity index (χ1n) is 8.85. The SMILES string of the molecule is N[C@@H](Cc1cnc[nH]1)C(=O)N1CCc2[nH]nc(-c3ccccc3)c2CC1. The highest BCUT2D eigenvalue weighted by Crippen LogP contribution is 2.26. The topological polar surface area (TPSA) is 104 Å². The standard InChI is InChI=1S/C19H22N6O/c20-16(10-14-11-21-12-22-14)19(26)25-8-6-15-17(7-9-25)23-24-18(15)13-4-2-1-3-5-13/h1-5,11-12,16H,6-10,20H2,(H,21,22)(H,23,24)/t16-/m0/s1. The van der Waals surface area contributed by atoms with Gasteiger partial charge < -0.3 is 15.6 Å². The molecular formula is C19H22N6O. The van der Waals surface area contributed by atoms with Gasteiger partial charge in [0.15, 0.2) is 0 Å². The van der Waals surface area contributed by atoms with Crippen molar-refractivity contribution in [3.63, 3.8) is 0 Å². The number of amides is 1. The lowest BCUT2D eigenvalue weighted by molar-refractivity contribution is -0.132. The van der Waals surface area contributed by atoms with Crippen LogP contribution >= 0.6 is 0 Å². The zero-order valence-corrected chi connectivity index (χ0v) is 14.5. The maximum atomic E-state index is 12.7. The van der Waals surface area contributed by atoms with Gasteiger partial charge in [0, 0.05) is 54.6 Å². The number of fused-ring (bicyclic) bond motifs is 1. The fourth-order valence-corrected chi connectivity index (χ4v) is 3.49. The average molecular weight is 350 g/mol. The molecule has 0 bridgehead atoms. The number of benzene rings is 1. The molecule has 0 aliphatic carbocycles. The minimum atomic E-state index is -0.557. The first-order valence-corrected chi connectivity index (χ1v) is 8.85. The number of nitrogens with two attached hydrogens (primary N) is 1. The van der Waals surface area contributed by atoms with Gasteiger partial charge in [0.25, 0.3) is 0 Å². The molecule has 1 aliphatic rings. The van der Waals surface area contributed by atoms with Crippen LogP contribution in [0.1, 0.15) is 17.0 Å². The number of hydrogen-bond donors (Lipinski definition) is 3. The summed E-state index contributed by atoms with van der Waals surface area (Å²) in [6.45, 7) is 1.31. The molecular weight excluding hydrogens is 328 g/mol. The summed E-state index contributed by atoms with van der Waals surface area (Å²) < 4.78 is 0. The van der Waals surface area contributed by atoms with Crippen LogP contribution in [0, 0.1) is 0 Å². The van der Waals surface area contributed by atoms with E-state index in [1.54, 1.807) is 12.5 Å². The van der Waals surface area contributed by atoms with Crippen LogP contribution in [0.2, 0.25) is 0 Å². The number of rotatable bonds is 4. The van der Waals surface area contributed by atoms with E-state index in [4.69, 9.17) is 5.73 Å². The van der Waals surface area contributed by atoms with E-state index >= 15 is 0 Å². The van der Waals surface area contributed by atoms with Crippen molar-refractivity contribution in [3.05, 3.63) is 59.8 Å². The number of aromatic nitrogens is 4. The Bertz CT molecular complexity index is 871. The molecule has 2 aromatic heterocycles. The lowest BCUT2D eigenvalue weighted by Gasteiger charge is -2.23. The van der Waals surface area contributed by atoms with Crippen LogP contribution in [0.3, 0.4) is 0 Å². The third-order valence-corrected chi connectivity index (χ3v) is 4.89. The summed E-state index contributed by atoms with van der Waals surface area (Å²) in [6.07, 6.45) is 5.31. The number of imidazole rings is 1. The number of carbonyl (C=O) groups excluding carboxylic acids is 1. The minimum Gasteiger partial charge on any atom is -0.348 e. The highest BCUT2D eigenvalue weighted by Gasteiger charge is 2.26. The van der Waals surface area contributed by atoms with Gasteiger partial charge in [0.2, 0.25) is 5.91 Å². The fraction of sp³-hybridized carbons (Fsp3) is 0.316. The number of hydrogen-bond acceptors (Lipinski definition) is 4. The molecule has 4 N–H and O–H groups in total. The molecule has 4 rings (SSSR count). The quantitative estimate of drug-likeness (QED) is 0.660. The van der Waals surface area contributed by atoms with E-state index in [9.17, 15) is 4.79 Å². The van der Waals surface area contributed by atoms with E-state index in [1.807, 2.05) is 23.1 Å². The summed E-state index contributed by atoms with van der Waals surface area (Å²) in [5, 5.41) is 7.66. The predicted molar refractivity (Wildman–Crippen MR) is 98.3 cm³/mol. The van der Waals surface area contributed by atoms with Crippen molar-refractivity contribution in [2.75, 3.05) is 13.1 Å². The predicted octanol–water partition coefficient (Wildman–Crippen LogP) is 1.30. The van der Waals surface area contributed by atoms with Crippen molar-refractivity contribution < 1.29 is 4.79 Å². The molecule has 3 heterocycles. The molecule has 7 heteroatoms. The van der Waals surface area contributed by atoms with Crippen LogP contribution in [-0.4, -0.2) is 50.1 Å². The average Bonchev–Trinajstić information content (AvgIpc) is 3.27. The van der Waals surface area contributed by atoms with Gasteiger partial charge >= 0.3 is 0 Å². The Labute approximate surface area is 151 Å². The molecule has 1 aromatic carbocycles. The molecule has 7 nitrogen and oxygen atoms in total. The van der Waals surface area contributed by atoms with E-state index in [2.05, 4.69) is 32.3 Å². The molecule has 0 radical (unpaired) electrons. The van der Waals surface area contributed by atoms with Crippen molar-refractivity contribution >= 4 is 5.91 Å². The molecule has 26 heavy (non-hydrogen) atoms. The van der Waals surface area contributed by atoms with Gasteiger partial charge in [-0.15, -0.1) is 0 Å². The van der Waals surface area contributed by atoms with E-state index in [0.29, 0.717) is 19.5 Å². The van der Waals surface area contributed by atoms with E-state index < -0.39 is 6.04 Å². The lowest BCUT2D eigenvalue weighted by atomic mass is 10.0. The van der Waals surface area contributed by atoms with E-state index in [1.165, 1.54) is 5.56 Å². The van der Waals surface area contributed by atoms with Crippen molar-refractivity contribution in [3.8, 4) is 11.3 Å². The Kier molecular flexibility index (Phi) is 4.53. The zero-order chi connectivity index (χ0) is 17.9. The molecule has 1 aliphatic heterocycles. The summed E-state index contributed by atoms with van der Waals surface area (Å²) in [5.41, 5.74) is 11.4. The smallest absolute Gasteiger partial charge is 0.239 e. The Hall–Kier alpha value is -2.93. The molecule has 1 atom stereocenters. The van der Waals surface area contributed by atoms with Gasteiger partial charge in [-0.05, 0) is 6.42 Å². The maximum Gasteiger partial charge on any atom is 0.239 e. The van der Waals surface area contributed by atoms with Crippen molar-refractivity contribution in [1.29, 1.82) is 0 Å². The van der Waals surface area contributed by atoms with Crippen LogP contribution in [0.15, 0.2) is 42.9 Å². The minimum absolute atomic E-state index is 0.0148. The van der Waals surface area contributed by atoms with E-state index in [-0.39, 0.29) is 5.91 Å². The molecule has 0 spiro atoms. The Morgan fingerprint density at radius 2 is 2.04 bits per heavy atom. The fourth-order valence-electron chi connectivity index (χ4n) is 3.49. The monoisotopic (exact) mass is 350 g/mol. The first-order chi connectivity index (χ1) is 12.7. The number of aromatic amines is 2. The van der Waals surface area contributed by atoms with E-state index in [0.717, 1.165) is 35.5 Å². The second-order valence-electron chi connectivity index (χ2n) is 6.61. The Morgan fingerprint density at radius 3 is 2.81 bits per heavy atom. The van der Waals surface area contributed by atoms with Crippen molar-refractivity contribution in [1.82, 2.24) is 25.1 Å². The number of H-pyrrole nitrogens is 2. The van der Waals surface area contributed by atoms with Gasteiger partial charge in [-0.3, -0.25) is 9.89 Å². The van der Waals surface area contributed by atoms with Gasteiger partial charge in [0.05, 0.1) is 18.1 Å². The molecule has 1 amide bonds. The summed E-state index contributed by atoms with van der Waals surface area (Å²) in [7, 11) is 0. The number of nitrogens with zero attached hydrogens (tertiary/aromatic N) is 3.